The standard InChI is InChI=1S/C7H5F3O4S.ClH/c8-7(9,10)14-5-1-3-6(4-2-5)15(11,12)13;/h1-4H,(H,11,12,13);1H/p-2. The van der Waals surface area contributed by atoms with Crippen LogP contribution < -0.4 is 17.1 Å². The third-order valence-electron chi connectivity index (χ3n) is 1.35. The molecular formula is C7H4ClF3O4S-2. The summed E-state index contributed by atoms with van der Waals surface area (Å²) >= 11 is 0. The molecule has 0 aliphatic heterocycles. The van der Waals surface area contributed by atoms with Crippen LogP contribution in [0.2, 0.25) is 0 Å². The summed E-state index contributed by atoms with van der Waals surface area (Å²) < 4.78 is 69.7. The first-order chi connectivity index (χ1) is 6.68. The molecule has 0 heterocycles. The molecule has 1 rings (SSSR count). The minimum absolute atomic E-state index is 0. The Balaban J connectivity index is 0.00000225. The van der Waals surface area contributed by atoms with Crippen molar-refractivity contribution in [1.29, 1.82) is 0 Å². The Morgan fingerprint density at radius 1 is 1.12 bits per heavy atom. The van der Waals surface area contributed by atoms with Gasteiger partial charge in [-0.25, -0.2) is 8.42 Å². The van der Waals surface area contributed by atoms with Gasteiger partial charge in [0.25, 0.3) is 0 Å². The van der Waals surface area contributed by atoms with Gasteiger partial charge in [-0.15, -0.1) is 13.2 Å². The monoisotopic (exact) mass is 276 g/mol. The van der Waals surface area contributed by atoms with Crippen LogP contribution in [-0.2, 0) is 10.1 Å². The molecule has 4 nitrogen and oxygen atoms in total. The Morgan fingerprint density at radius 3 is 1.88 bits per heavy atom. The molecular weight excluding hydrogens is 273 g/mol. The van der Waals surface area contributed by atoms with E-state index in [4.69, 9.17) is 0 Å². The molecule has 0 saturated carbocycles. The summed E-state index contributed by atoms with van der Waals surface area (Å²) in [6.45, 7) is 0. The molecule has 0 atom stereocenters. The van der Waals surface area contributed by atoms with E-state index in [-0.39, 0.29) is 12.4 Å². The molecule has 16 heavy (non-hydrogen) atoms. The van der Waals surface area contributed by atoms with Crippen molar-refractivity contribution in [3.63, 3.8) is 0 Å². The van der Waals surface area contributed by atoms with Crippen LogP contribution in [0.5, 0.6) is 5.75 Å². The predicted octanol–water partition coefficient (Wildman–Crippen LogP) is -1.51. The van der Waals surface area contributed by atoms with Crippen molar-refractivity contribution in [3.8, 4) is 5.75 Å². The molecule has 0 unspecified atom stereocenters. The molecule has 0 spiro atoms. The van der Waals surface area contributed by atoms with Gasteiger partial charge < -0.3 is 21.7 Å². The predicted molar refractivity (Wildman–Crippen MR) is 41.1 cm³/mol. The molecule has 0 aliphatic rings. The molecule has 9 heteroatoms. The van der Waals surface area contributed by atoms with E-state index in [2.05, 4.69) is 4.74 Å². The molecule has 0 bridgehead atoms. The highest BCUT2D eigenvalue weighted by Gasteiger charge is 2.30. The van der Waals surface area contributed by atoms with E-state index in [0.717, 1.165) is 24.3 Å². The Morgan fingerprint density at radius 2 is 1.56 bits per heavy atom. The van der Waals surface area contributed by atoms with Gasteiger partial charge in [0.15, 0.2) is 0 Å². The second-order valence-corrected chi connectivity index (χ2v) is 3.85. The minimum Gasteiger partial charge on any atom is -1.00 e. The fourth-order valence-electron chi connectivity index (χ4n) is 0.808. The number of hydrogen-bond donors (Lipinski definition) is 0. The third-order valence-corrected chi connectivity index (χ3v) is 2.20. The van der Waals surface area contributed by atoms with Crippen LogP contribution in [-0.4, -0.2) is 19.3 Å². The van der Waals surface area contributed by atoms with Gasteiger partial charge in [-0.1, -0.05) is 0 Å². The van der Waals surface area contributed by atoms with E-state index < -0.39 is 27.1 Å². The van der Waals surface area contributed by atoms with E-state index in [1.807, 2.05) is 0 Å². The molecule has 1 aromatic rings. The lowest BCUT2D eigenvalue weighted by atomic mass is 10.3. The van der Waals surface area contributed by atoms with Crippen molar-refractivity contribution in [1.82, 2.24) is 0 Å². The van der Waals surface area contributed by atoms with Crippen LogP contribution in [0.25, 0.3) is 0 Å². The molecule has 1 aromatic carbocycles. The van der Waals surface area contributed by atoms with Gasteiger partial charge in [-0.3, -0.25) is 0 Å². The molecule has 0 N–H and O–H groups in total. The highest BCUT2D eigenvalue weighted by atomic mass is 35.5. The summed E-state index contributed by atoms with van der Waals surface area (Å²) in [5.41, 5.74) is 0. The zero-order chi connectivity index (χ0) is 11.7. The van der Waals surface area contributed by atoms with Gasteiger partial charge in [0, 0.05) is 0 Å². The fourth-order valence-corrected chi connectivity index (χ4v) is 1.28. The lowest BCUT2D eigenvalue weighted by Crippen LogP contribution is -3.00. The van der Waals surface area contributed by atoms with Crippen molar-refractivity contribution in [2.45, 2.75) is 11.3 Å². The first-order valence-corrected chi connectivity index (χ1v) is 4.91. The first-order valence-electron chi connectivity index (χ1n) is 3.50. The van der Waals surface area contributed by atoms with Crippen molar-refractivity contribution in [2.24, 2.45) is 0 Å². The summed E-state index contributed by atoms with van der Waals surface area (Å²) in [6, 6.07) is 2.98. The summed E-state index contributed by atoms with van der Waals surface area (Å²) in [5.74, 6) is -0.588. The maximum Gasteiger partial charge on any atom is 0.573 e. The van der Waals surface area contributed by atoms with Gasteiger partial charge in [-0.05, 0) is 24.3 Å². The topological polar surface area (TPSA) is 66.4 Å². The second kappa shape index (κ2) is 4.89. The lowest BCUT2D eigenvalue weighted by molar-refractivity contribution is -0.274. The van der Waals surface area contributed by atoms with Gasteiger partial charge in [-0.2, -0.15) is 0 Å². The Kier molecular flexibility index (Phi) is 4.59. The summed E-state index contributed by atoms with van der Waals surface area (Å²) in [6.07, 6.45) is -4.85. The number of hydrogen-bond acceptors (Lipinski definition) is 4. The SMILES string of the molecule is O=S(=O)([O-])c1ccc(OC(F)(F)F)cc1.[Cl-]. The highest BCUT2D eigenvalue weighted by molar-refractivity contribution is 7.85. The van der Waals surface area contributed by atoms with Crippen LogP contribution in [0.3, 0.4) is 0 Å². The first kappa shape index (κ1) is 15.0. The van der Waals surface area contributed by atoms with Gasteiger partial charge in [0.1, 0.15) is 15.9 Å². The minimum atomic E-state index is -4.85. The van der Waals surface area contributed by atoms with Gasteiger partial charge in [0.2, 0.25) is 0 Å². The van der Waals surface area contributed by atoms with Crippen molar-refractivity contribution in [2.75, 3.05) is 0 Å². The largest absolute Gasteiger partial charge is 1.00 e. The lowest BCUT2D eigenvalue weighted by Gasteiger charge is -2.10. The van der Waals surface area contributed by atoms with Gasteiger partial charge in [0.05, 0.1) is 4.90 Å². The van der Waals surface area contributed by atoms with E-state index >= 15 is 0 Å². The van der Waals surface area contributed by atoms with Crippen LogP contribution in [0.1, 0.15) is 0 Å². The normalized spacial score (nSPS) is 11.8. The summed E-state index contributed by atoms with van der Waals surface area (Å²) in [5, 5.41) is 0. The molecule has 0 aliphatic carbocycles. The molecule has 0 aromatic heterocycles. The zero-order valence-corrected chi connectivity index (χ0v) is 8.93. The fraction of sp³-hybridized carbons (Fsp3) is 0.143. The summed E-state index contributed by atoms with van der Waals surface area (Å²) in [4.78, 5) is -0.614. The van der Waals surface area contributed by atoms with E-state index in [0.29, 0.717) is 0 Å². The maximum atomic E-state index is 11.7. The second-order valence-electron chi connectivity index (χ2n) is 2.47. The number of halogens is 4. The molecule has 92 valence electrons. The smallest absolute Gasteiger partial charge is 0.573 e. The Hall–Kier alpha value is -0.990. The van der Waals surface area contributed by atoms with E-state index in [1.54, 1.807) is 0 Å². The van der Waals surface area contributed by atoms with Crippen LogP contribution in [0.15, 0.2) is 29.2 Å². The highest BCUT2D eigenvalue weighted by Crippen LogP contribution is 2.23. The van der Waals surface area contributed by atoms with Crippen LogP contribution in [0, 0.1) is 0 Å². The number of ether oxygens (including phenoxy) is 1. The van der Waals surface area contributed by atoms with Crippen molar-refractivity contribution in [3.05, 3.63) is 24.3 Å². The van der Waals surface area contributed by atoms with Crippen LogP contribution in [0.4, 0.5) is 13.2 Å². The number of alkyl halides is 3. The molecule has 0 radical (unpaired) electrons. The van der Waals surface area contributed by atoms with Gasteiger partial charge >= 0.3 is 6.36 Å². The average Bonchev–Trinajstić information content (AvgIpc) is 2.00. The van der Waals surface area contributed by atoms with Crippen LogP contribution >= 0.6 is 0 Å². The molecule has 0 amide bonds. The molecule has 0 saturated heterocycles. The van der Waals surface area contributed by atoms with E-state index in [9.17, 15) is 26.1 Å². The van der Waals surface area contributed by atoms with Crippen molar-refractivity contribution < 1.29 is 43.3 Å². The zero-order valence-electron chi connectivity index (χ0n) is 7.36. The Bertz CT molecular complexity index is 440. The average molecular weight is 277 g/mol. The Labute approximate surface area is 95.2 Å². The maximum absolute atomic E-state index is 11.7. The van der Waals surface area contributed by atoms with Crippen molar-refractivity contribution >= 4 is 10.1 Å². The molecule has 0 fully saturated rings. The summed E-state index contributed by atoms with van der Waals surface area (Å²) in [7, 11) is -4.65. The van der Waals surface area contributed by atoms with E-state index in [1.165, 1.54) is 0 Å². The number of rotatable bonds is 2. The number of benzene rings is 1. The third kappa shape index (κ3) is 4.69. The quantitative estimate of drug-likeness (QED) is 0.616.